The minimum absolute atomic E-state index is 0.0378. The Bertz CT molecular complexity index is 1140. The molecule has 1 heterocycles. The maximum atomic E-state index is 13.8. The Morgan fingerprint density at radius 1 is 0.927 bits per heavy atom. The number of nitrogens with zero attached hydrogens (tertiary/aromatic N) is 2. The molecule has 3 aliphatic rings. The van der Waals surface area contributed by atoms with Crippen LogP contribution in [0.1, 0.15) is 119 Å². The van der Waals surface area contributed by atoms with Crippen LogP contribution in [0.4, 0.5) is 0 Å². The van der Waals surface area contributed by atoms with E-state index in [1.807, 2.05) is 28.9 Å². The standard InChI is InChI=1S/C33H48N4O4/c1-40-29-17-10-18-30(41-2)32(29)28-22-27(36-37(28)26-15-7-4-8-16-26)33(39)35-25(20-19-23-11-5-3-6-12-23)21-31(38)34-24-13-9-14-24/h10,17-18,22-26H,3-9,11-16,19-21H2,1-2H3,(H,34,38)(H,35,39)/t25-/m0/s1. The molecule has 5 rings (SSSR count). The summed E-state index contributed by atoms with van der Waals surface area (Å²) < 4.78 is 13.5. The second-order valence-corrected chi connectivity index (χ2v) is 12.3. The molecule has 41 heavy (non-hydrogen) atoms. The molecule has 2 N–H and O–H groups in total. The summed E-state index contributed by atoms with van der Waals surface area (Å²) in [6.07, 6.45) is 17.4. The van der Waals surface area contributed by atoms with Crippen molar-refractivity contribution in [2.45, 2.75) is 121 Å². The molecular weight excluding hydrogens is 516 g/mol. The highest BCUT2D eigenvalue weighted by Gasteiger charge is 2.28. The lowest BCUT2D eigenvalue weighted by molar-refractivity contribution is -0.122. The number of hydrogen-bond donors (Lipinski definition) is 2. The Hall–Kier alpha value is -3.03. The summed E-state index contributed by atoms with van der Waals surface area (Å²) in [5.41, 5.74) is 2.02. The molecule has 3 aliphatic carbocycles. The normalized spacial score (nSPS) is 19.3. The molecule has 1 aromatic carbocycles. The van der Waals surface area contributed by atoms with E-state index < -0.39 is 0 Å². The average Bonchev–Trinajstić information content (AvgIpc) is 3.43. The van der Waals surface area contributed by atoms with Crippen LogP contribution in [0, 0.1) is 5.92 Å². The van der Waals surface area contributed by atoms with Gasteiger partial charge >= 0.3 is 0 Å². The first-order valence-corrected chi connectivity index (χ1v) is 16.0. The molecule has 0 bridgehead atoms. The molecule has 1 atom stereocenters. The predicted molar refractivity (Wildman–Crippen MR) is 160 cm³/mol. The number of hydrogen-bond acceptors (Lipinski definition) is 5. The first-order chi connectivity index (χ1) is 20.1. The van der Waals surface area contributed by atoms with Crippen molar-refractivity contribution in [3.8, 4) is 22.8 Å². The Balaban J connectivity index is 1.38. The molecule has 0 unspecified atom stereocenters. The third-order valence-electron chi connectivity index (χ3n) is 9.46. The summed E-state index contributed by atoms with van der Waals surface area (Å²) in [6, 6.07) is 7.90. The fourth-order valence-corrected chi connectivity index (χ4v) is 6.86. The Morgan fingerprint density at radius 2 is 1.59 bits per heavy atom. The van der Waals surface area contributed by atoms with Gasteiger partial charge in [0.1, 0.15) is 11.5 Å². The number of rotatable bonds is 12. The highest BCUT2D eigenvalue weighted by atomic mass is 16.5. The minimum Gasteiger partial charge on any atom is -0.496 e. The minimum atomic E-state index is -0.222. The van der Waals surface area contributed by atoms with Gasteiger partial charge in [-0.1, -0.05) is 57.4 Å². The Kier molecular flexibility index (Phi) is 10.2. The van der Waals surface area contributed by atoms with E-state index in [2.05, 4.69) is 10.6 Å². The Labute approximate surface area is 244 Å². The zero-order chi connectivity index (χ0) is 28.6. The van der Waals surface area contributed by atoms with Crippen molar-refractivity contribution in [2.24, 2.45) is 5.92 Å². The molecule has 0 radical (unpaired) electrons. The molecule has 0 spiro atoms. The second kappa shape index (κ2) is 14.2. The summed E-state index contributed by atoms with van der Waals surface area (Å²) in [4.78, 5) is 26.7. The largest absolute Gasteiger partial charge is 0.496 e. The lowest BCUT2D eigenvalue weighted by atomic mass is 9.85. The van der Waals surface area contributed by atoms with Crippen LogP contribution in [0.15, 0.2) is 24.3 Å². The maximum Gasteiger partial charge on any atom is 0.272 e. The number of carbonyl (C=O) groups is 2. The van der Waals surface area contributed by atoms with Crippen LogP contribution in [0.25, 0.3) is 11.3 Å². The van der Waals surface area contributed by atoms with E-state index >= 15 is 0 Å². The summed E-state index contributed by atoms with van der Waals surface area (Å²) in [7, 11) is 3.30. The number of ether oxygens (including phenoxy) is 2. The van der Waals surface area contributed by atoms with E-state index in [1.54, 1.807) is 14.2 Å². The SMILES string of the molecule is COc1cccc(OC)c1-c1cc(C(=O)N[C@@H](CCC2CCCCC2)CC(=O)NC2CCC2)nn1C1CCCCC1. The van der Waals surface area contributed by atoms with Gasteiger partial charge in [0.25, 0.3) is 5.91 Å². The summed E-state index contributed by atoms with van der Waals surface area (Å²) >= 11 is 0. The number of amides is 2. The monoisotopic (exact) mass is 564 g/mol. The lowest BCUT2D eigenvalue weighted by Crippen LogP contribution is -2.44. The molecule has 0 saturated heterocycles. The highest BCUT2D eigenvalue weighted by Crippen LogP contribution is 2.41. The van der Waals surface area contributed by atoms with Gasteiger partial charge in [-0.3, -0.25) is 14.3 Å². The molecule has 3 saturated carbocycles. The number of aromatic nitrogens is 2. The van der Waals surface area contributed by atoms with Gasteiger partial charge in [-0.2, -0.15) is 5.10 Å². The zero-order valence-corrected chi connectivity index (χ0v) is 25.0. The van der Waals surface area contributed by atoms with Crippen molar-refractivity contribution in [1.82, 2.24) is 20.4 Å². The van der Waals surface area contributed by atoms with Gasteiger partial charge in [0.2, 0.25) is 5.91 Å². The van der Waals surface area contributed by atoms with Crippen molar-refractivity contribution in [3.05, 3.63) is 30.0 Å². The number of carbonyl (C=O) groups excluding carboxylic acids is 2. The smallest absolute Gasteiger partial charge is 0.272 e. The fraction of sp³-hybridized carbons (Fsp3) is 0.667. The molecule has 2 aromatic rings. The number of nitrogens with one attached hydrogen (secondary N) is 2. The number of benzene rings is 1. The van der Waals surface area contributed by atoms with Crippen LogP contribution in [-0.2, 0) is 4.79 Å². The van der Waals surface area contributed by atoms with Crippen molar-refractivity contribution in [2.75, 3.05) is 14.2 Å². The molecule has 8 nitrogen and oxygen atoms in total. The molecule has 8 heteroatoms. The first-order valence-electron chi connectivity index (χ1n) is 16.0. The van der Waals surface area contributed by atoms with Crippen molar-refractivity contribution < 1.29 is 19.1 Å². The van der Waals surface area contributed by atoms with Gasteiger partial charge in [-0.15, -0.1) is 0 Å². The second-order valence-electron chi connectivity index (χ2n) is 12.3. The molecular formula is C33H48N4O4. The summed E-state index contributed by atoms with van der Waals surface area (Å²) in [6.45, 7) is 0. The molecule has 0 aliphatic heterocycles. The molecule has 2 amide bonds. The highest BCUT2D eigenvalue weighted by molar-refractivity contribution is 5.94. The van der Waals surface area contributed by atoms with E-state index in [-0.39, 0.29) is 23.9 Å². The van der Waals surface area contributed by atoms with E-state index in [1.165, 1.54) is 44.9 Å². The van der Waals surface area contributed by atoms with Gasteiger partial charge in [-0.25, -0.2) is 0 Å². The fourth-order valence-electron chi connectivity index (χ4n) is 6.86. The van der Waals surface area contributed by atoms with Gasteiger partial charge in [-0.05, 0) is 69.1 Å². The Morgan fingerprint density at radius 3 is 2.20 bits per heavy atom. The van der Waals surface area contributed by atoms with Gasteiger partial charge < -0.3 is 20.1 Å². The quantitative estimate of drug-likeness (QED) is 0.303. The third kappa shape index (κ3) is 7.44. The van der Waals surface area contributed by atoms with Crippen LogP contribution in [0.3, 0.4) is 0 Å². The van der Waals surface area contributed by atoms with Crippen LogP contribution in [-0.4, -0.2) is 47.9 Å². The topological polar surface area (TPSA) is 94.5 Å². The molecule has 3 fully saturated rings. The van der Waals surface area contributed by atoms with Gasteiger partial charge in [0, 0.05) is 18.5 Å². The van der Waals surface area contributed by atoms with Crippen molar-refractivity contribution in [1.29, 1.82) is 0 Å². The third-order valence-corrected chi connectivity index (χ3v) is 9.46. The first kappa shape index (κ1) is 29.5. The molecule has 224 valence electrons. The molecule has 1 aromatic heterocycles. The average molecular weight is 565 g/mol. The predicted octanol–water partition coefficient (Wildman–Crippen LogP) is 6.59. The van der Waals surface area contributed by atoms with E-state index in [0.29, 0.717) is 35.6 Å². The van der Waals surface area contributed by atoms with Crippen molar-refractivity contribution >= 4 is 11.8 Å². The van der Waals surface area contributed by atoms with Gasteiger partial charge in [0.15, 0.2) is 5.69 Å². The van der Waals surface area contributed by atoms with Crippen LogP contribution >= 0.6 is 0 Å². The van der Waals surface area contributed by atoms with E-state index in [9.17, 15) is 9.59 Å². The maximum absolute atomic E-state index is 13.8. The van der Waals surface area contributed by atoms with Crippen LogP contribution in [0.2, 0.25) is 0 Å². The zero-order valence-electron chi connectivity index (χ0n) is 25.0. The van der Waals surface area contributed by atoms with E-state index in [4.69, 9.17) is 14.6 Å². The van der Waals surface area contributed by atoms with Crippen molar-refractivity contribution in [3.63, 3.8) is 0 Å². The lowest BCUT2D eigenvalue weighted by Gasteiger charge is -2.28. The van der Waals surface area contributed by atoms with Gasteiger partial charge in [0.05, 0.1) is 31.5 Å². The summed E-state index contributed by atoms with van der Waals surface area (Å²) in [5, 5.41) is 11.3. The van der Waals surface area contributed by atoms with Crippen LogP contribution in [0.5, 0.6) is 11.5 Å². The van der Waals surface area contributed by atoms with Crippen LogP contribution < -0.4 is 20.1 Å². The summed E-state index contributed by atoms with van der Waals surface area (Å²) in [5.74, 6) is 1.88. The number of methoxy groups -OCH3 is 2. The van der Waals surface area contributed by atoms with E-state index in [0.717, 1.165) is 62.6 Å².